The number of likely N-dealkylation sites (tertiary alicyclic amines) is 1. The van der Waals surface area contributed by atoms with E-state index in [9.17, 15) is 34.5 Å². The standard InChI is InChI=1S/C55H65N5O11S2/c1-35-50(72-34-57-35)38-9-7-36(8-10-38)31-56-53(66)45-29-42(63)32-60(45)54(67)52(55(2,3)4)58-47(64)33-70-28-27-69-26-25-68-23-6-21-59(5)22-24-71-43-18-13-37(14-19-43)49(65)48-44-20-17-41(62)30-46(44)73-51(48)39-11-15-40(61)16-12-39/h7-20,30,34,42,45,52,61-63H,6,21-29,31-33H2,1-5H3,(H,56,66)(H,58,64)/t42-,45+,52?/m1/s1. The van der Waals surface area contributed by atoms with Gasteiger partial charge in [0.2, 0.25) is 17.7 Å². The van der Waals surface area contributed by atoms with E-state index in [4.69, 9.17) is 18.9 Å². The summed E-state index contributed by atoms with van der Waals surface area (Å²) >= 11 is 2.99. The van der Waals surface area contributed by atoms with Crippen LogP contribution in [-0.4, -0.2) is 145 Å². The van der Waals surface area contributed by atoms with Crippen LogP contribution in [0.5, 0.6) is 17.2 Å². The Kier molecular flexibility index (Phi) is 19.1. The molecule has 3 heterocycles. The number of aromatic nitrogens is 1. The van der Waals surface area contributed by atoms with Gasteiger partial charge in [0.1, 0.15) is 42.5 Å². The summed E-state index contributed by atoms with van der Waals surface area (Å²) in [5.41, 5.74) is 5.86. The number of fused-ring (bicyclic) bond motifs is 1. The van der Waals surface area contributed by atoms with Crippen LogP contribution >= 0.6 is 22.7 Å². The molecule has 3 amide bonds. The van der Waals surface area contributed by atoms with Crippen LogP contribution in [0.2, 0.25) is 0 Å². The van der Waals surface area contributed by atoms with Crippen LogP contribution in [0.3, 0.4) is 0 Å². The summed E-state index contributed by atoms with van der Waals surface area (Å²) in [7, 11) is 2.01. The highest BCUT2D eigenvalue weighted by molar-refractivity contribution is 7.22. The minimum atomic E-state index is -0.968. The van der Waals surface area contributed by atoms with Crippen molar-refractivity contribution >= 4 is 56.3 Å². The molecule has 73 heavy (non-hydrogen) atoms. The van der Waals surface area contributed by atoms with Crippen LogP contribution in [0, 0.1) is 12.3 Å². The molecule has 1 unspecified atom stereocenters. The molecule has 3 atom stereocenters. The molecular formula is C55H65N5O11S2. The summed E-state index contributed by atoms with van der Waals surface area (Å²) in [5, 5.41) is 36.9. The number of nitrogens with one attached hydrogen (secondary N) is 2. The number of likely N-dealkylation sites (N-methyl/N-ethyl adjacent to an activating group) is 1. The van der Waals surface area contributed by atoms with Gasteiger partial charge in [-0.05, 0) is 109 Å². The first-order valence-electron chi connectivity index (χ1n) is 24.3. The molecule has 388 valence electrons. The minimum absolute atomic E-state index is 0.0199. The highest BCUT2D eigenvalue weighted by Gasteiger charge is 2.44. The van der Waals surface area contributed by atoms with Crippen molar-refractivity contribution in [2.24, 2.45) is 5.41 Å². The summed E-state index contributed by atoms with van der Waals surface area (Å²) < 4.78 is 23.7. The van der Waals surface area contributed by atoms with Crippen molar-refractivity contribution in [3.63, 3.8) is 0 Å². The van der Waals surface area contributed by atoms with Gasteiger partial charge in [-0.2, -0.15) is 0 Å². The van der Waals surface area contributed by atoms with E-state index in [1.54, 1.807) is 78.1 Å². The fourth-order valence-corrected chi connectivity index (χ4v) is 10.5. The number of ether oxygens (including phenoxy) is 4. The highest BCUT2D eigenvalue weighted by Crippen LogP contribution is 2.41. The van der Waals surface area contributed by atoms with Crippen LogP contribution in [0.25, 0.3) is 31.0 Å². The topological polar surface area (TPSA) is 209 Å². The summed E-state index contributed by atoms with van der Waals surface area (Å²) in [6, 6.07) is 24.8. The Hall–Kier alpha value is -6.25. The second-order valence-corrected chi connectivity index (χ2v) is 21.0. The number of aliphatic hydroxyl groups is 1. The summed E-state index contributed by atoms with van der Waals surface area (Å²) in [4.78, 5) is 64.0. The SMILES string of the molecule is Cc1ncsc1-c1ccc(CNC(=O)[C@@H]2C[C@@H](O)CN2C(=O)C(NC(=O)COCCOCCOCCCN(C)CCOc2ccc(C(=O)c3c(-c4ccc(O)cc4)sc4cc(O)ccc34)cc2)C(C)(C)C)cc1. The Balaban J connectivity index is 0.738. The third kappa shape index (κ3) is 14.9. The van der Waals surface area contributed by atoms with Gasteiger partial charge in [-0.15, -0.1) is 22.7 Å². The molecule has 7 rings (SSSR count). The summed E-state index contributed by atoms with van der Waals surface area (Å²) in [6.07, 6.45) is 0.0263. The second-order valence-electron chi connectivity index (χ2n) is 19.1. The molecule has 1 saturated heterocycles. The van der Waals surface area contributed by atoms with Gasteiger partial charge in [0.15, 0.2) is 5.78 Å². The lowest BCUT2D eigenvalue weighted by molar-refractivity contribution is -0.144. The number of hydrogen-bond donors (Lipinski definition) is 5. The Bertz CT molecular complexity index is 2790. The van der Waals surface area contributed by atoms with E-state index in [2.05, 4.69) is 20.5 Å². The first-order chi connectivity index (χ1) is 35.0. The Morgan fingerprint density at radius 2 is 1.48 bits per heavy atom. The number of ketones is 1. The second kappa shape index (κ2) is 25.6. The molecule has 0 spiro atoms. The first-order valence-corrected chi connectivity index (χ1v) is 26.0. The number of rotatable bonds is 25. The number of aliphatic hydroxyl groups excluding tert-OH is 1. The number of β-amino-alcohol motifs (C(OH)–C–C–N with tert-alkyl or cyclic N) is 1. The normalized spacial score (nSPS) is 15.2. The fourth-order valence-electron chi connectivity index (χ4n) is 8.43. The van der Waals surface area contributed by atoms with Crippen LogP contribution in [-0.2, 0) is 35.1 Å². The molecular weight excluding hydrogens is 971 g/mol. The number of hydrogen-bond acceptors (Lipinski definition) is 15. The van der Waals surface area contributed by atoms with E-state index in [1.165, 1.54) is 16.2 Å². The summed E-state index contributed by atoms with van der Waals surface area (Å²) in [5.74, 6) is -0.543. The quantitative estimate of drug-likeness (QED) is 0.0284. The maximum absolute atomic E-state index is 13.9. The van der Waals surface area contributed by atoms with Crippen molar-refractivity contribution < 1.29 is 53.4 Å². The first kappa shape index (κ1) is 54.5. The molecule has 18 heteroatoms. The van der Waals surface area contributed by atoms with Crippen molar-refractivity contribution in [3.8, 4) is 38.1 Å². The number of phenols is 2. The maximum atomic E-state index is 13.9. The number of thiophene rings is 1. The zero-order valence-corrected chi connectivity index (χ0v) is 43.6. The van der Waals surface area contributed by atoms with E-state index in [-0.39, 0.29) is 62.5 Å². The number of benzene rings is 4. The van der Waals surface area contributed by atoms with Gasteiger partial charge in [-0.3, -0.25) is 19.2 Å². The number of carbonyl (C=O) groups excluding carboxylic acids is 4. The van der Waals surface area contributed by atoms with Gasteiger partial charge in [-0.25, -0.2) is 4.98 Å². The number of carbonyl (C=O) groups is 4. The maximum Gasteiger partial charge on any atom is 0.246 e. The average molecular weight is 1040 g/mol. The van der Waals surface area contributed by atoms with E-state index < -0.39 is 35.4 Å². The minimum Gasteiger partial charge on any atom is -0.508 e. The average Bonchev–Trinajstić information content (AvgIpc) is 4.10. The lowest BCUT2D eigenvalue weighted by atomic mass is 9.85. The molecule has 6 aromatic rings. The van der Waals surface area contributed by atoms with Gasteiger partial charge < -0.3 is 54.7 Å². The number of aromatic hydroxyl groups is 2. The highest BCUT2D eigenvalue weighted by atomic mass is 32.1. The zero-order chi connectivity index (χ0) is 52.1. The lowest BCUT2D eigenvalue weighted by Crippen LogP contribution is -2.58. The molecule has 4 aromatic carbocycles. The third-order valence-corrected chi connectivity index (χ3v) is 14.6. The van der Waals surface area contributed by atoms with Gasteiger partial charge in [0, 0.05) is 65.3 Å². The van der Waals surface area contributed by atoms with Crippen molar-refractivity contribution in [3.05, 3.63) is 119 Å². The predicted octanol–water partition coefficient (Wildman–Crippen LogP) is 7.20. The van der Waals surface area contributed by atoms with E-state index in [0.717, 1.165) is 55.2 Å². The van der Waals surface area contributed by atoms with Crippen LogP contribution < -0.4 is 15.4 Å². The number of thiazole rings is 1. The molecule has 0 saturated carbocycles. The van der Waals surface area contributed by atoms with Crippen molar-refractivity contribution in [2.45, 2.75) is 65.3 Å². The van der Waals surface area contributed by atoms with E-state index in [1.807, 2.05) is 64.5 Å². The zero-order valence-electron chi connectivity index (χ0n) is 41.9. The van der Waals surface area contributed by atoms with Gasteiger partial charge in [-0.1, -0.05) is 45.0 Å². The molecule has 2 aromatic heterocycles. The molecule has 1 aliphatic rings. The summed E-state index contributed by atoms with van der Waals surface area (Å²) in [6.45, 7) is 11.0. The van der Waals surface area contributed by atoms with Gasteiger partial charge in [0.05, 0.1) is 48.6 Å². The monoisotopic (exact) mass is 1040 g/mol. The van der Waals surface area contributed by atoms with Crippen LogP contribution in [0.15, 0.2) is 96.5 Å². The van der Waals surface area contributed by atoms with Crippen LogP contribution in [0.4, 0.5) is 0 Å². The number of aryl methyl sites for hydroxylation is 1. The van der Waals surface area contributed by atoms with Gasteiger partial charge >= 0.3 is 0 Å². The molecule has 1 fully saturated rings. The number of phenolic OH excluding ortho intramolecular Hbond substituents is 2. The van der Waals surface area contributed by atoms with Gasteiger partial charge in [0.25, 0.3) is 0 Å². The third-order valence-electron chi connectivity index (χ3n) is 12.4. The largest absolute Gasteiger partial charge is 0.508 e. The molecule has 5 N–H and O–H groups in total. The molecule has 0 radical (unpaired) electrons. The lowest BCUT2D eigenvalue weighted by Gasteiger charge is -2.35. The Morgan fingerprint density at radius 1 is 0.822 bits per heavy atom. The van der Waals surface area contributed by atoms with E-state index in [0.29, 0.717) is 49.8 Å². The van der Waals surface area contributed by atoms with Crippen molar-refractivity contribution in [1.29, 1.82) is 0 Å². The Labute approximate surface area is 433 Å². The Morgan fingerprint density at radius 3 is 2.16 bits per heavy atom. The number of nitrogens with zero attached hydrogens (tertiary/aromatic N) is 3. The molecule has 0 bridgehead atoms. The molecule has 0 aliphatic carbocycles. The smallest absolute Gasteiger partial charge is 0.246 e. The van der Waals surface area contributed by atoms with E-state index >= 15 is 0 Å². The molecule has 1 aliphatic heterocycles. The van der Waals surface area contributed by atoms with Crippen molar-refractivity contribution in [2.75, 3.05) is 72.9 Å². The fraction of sp³-hybridized carbons (Fsp3) is 0.400. The van der Waals surface area contributed by atoms with Crippen LogP contribution in [0.1, 0.15) is 60.8 Å². The number of amides is 3. The van der Waals surface area contributed by atoms with Crippen molar-refractivity contribution in [1.82, 2.24) is 25.4 Å². The predicted molar refractivity (Wildman–Crippen MR) is 282 cm³/mol. The molecule has 16 nitrogen and oxygen atoms in total.